The fourth-order valence-electron chi connectivity index (χ4n) is 4.05. The van der Waals surface area contributed by atoms with Crippen LogP contribution in [-0.4, -0.2) is 63.8 Å². The number of carbonyl (C=O) groups excluding carboxylic acids is 1. The Hall–Kier alpha value is -2.65. The van der Waals surface area contributed by atoms with Crippen molar-refractivity contribution in [2.24, 2.45) is 0 Å². The smallest absolute Gasteiger partial charge is 0.233 e. The summed E-state index contributed by atoms with van der Waals surface area (Å²) in [5.41, 5.74) is 3.01. The number of sulfone groups is 1. The minimum atomic E-state index is -3.06. The lowest BCUT2D eigenvalue weighted by molar-refractivity contribution is -0.130. The molecule has 0 saturated carbocycles. The van der Waals surface area contributed by atoms with Crippen LogP contribution in [0.15, 0.2) is 59.8 Å². The Morgan fingerprint density at radius 1 is 1.12 bits per heavy atom. The predicted molar refractivity (Wildman–Crippen MR) is 131 cm³/mol. The number of thioether (sulfide) groups is 1. The SMILES string of the molecule is CCCN(C(=O)CSc1nnc(-c2ccccc2)n1-c1ccc(C)cc1)C1CCS(=O)(=O)C1. The molecular formula is C24H28N4O3S2. The molecule has 0 aliphatic carbocycles. The topological polar surface area (TPSA) is 85.2 Å². The molecule has 9 heteroatoms. The van der Waals surface area contributed by atoms with Gasteiger partial charge in [-0.05, 0) is 31.9 Å². The van der Waals surface area contributed by atoms with E-state index in [1.54, 1.807) is 4.90 Å². The van der Waals surface area contributed by atoms with E-state index in [1.807, 2.05) is 73.0 Å². The van der Waals surface area contributed by atoms with Crippen LogP contribution in [0.3, 0.4) is 0 Å². The van der Waals surface area contributed by atoms with E-state index in [0.29, 0.717) is 23.9 Å². The van der Waals surface area contributed by atoms with Crippen molar-refractivity contribution in [3.63, 3.8) is 0 Å². The fraction of sp³-hybridized carbons (Fsp3) is 0.375. The molecule has 4 rings (SSSR count). The van der Waals surface area contributed by atoms with Crippen LogP contribution in [0.2, 0.25) is 0 Å². The van der Waals surface area contributed by atoms with Gasteiger partial charge >= 0.3 is 0 Å². The summed E-state index contributed by atoms with van der Waals surface area (Å²) in [6, 6.07) is 17.7. The van der Waals surface area contributed by atoms with Gasteiger partial charge in [-0.3, -0.25) is 9.36 Å². The largest absolute Gasteiger partial charge is 0.338 e. The van der Waals surface area contributed by atoms with E-state index in [9.17, 15) is 13.2 Å². The lowest BCUT2D eigenvalue weighted by atomic mass is 10.2. The van der Waals surface area contributed by atoms with Crippen molar-refractivity contribution < 1.29 is 13.2 Å². The van der Waals surface area contributed by atoms with Crippen molar-refractivity contribution in [2.45, 2.75) is 37.9 Å². The lowest BCUT2D eigenvalue weighted by Crippen LogP contribution is -2.42. The normalized spacial score (nSPS) is 17.2. The fourth-order valence-corrected chi connectivity index (χ4v) is 6.62. The molecule has 0 bridgehead atoms. The number of aromatic nitrogens is 3. The molecule has 1 aliphatic heterocycles. The monoisotopic (exact) mass is 484 g/mol. The quantitative estimate of drug-likeness (QED) is 0.453. The highest BCUT2D eigenvalue weighted by Crippen LogP contribution is 2.29. The molecule has 174 valence electrons. The van der Waals surface area contributed by atoms with Gasteiger partial charge in [-0.15, -0.1) is 10.2 Å². The molecule has 0 radical (unpaired) electrons. The average molecular weight is 485 g/mol. The van der Waals surface area contributed by atoms with Crippen molar-refractivity contribution in [1.82, 2.24) is 19.7 Å². The molecule has 0 spiro atoms. The van der Waals surface area contributed by atoms with Crippen LogP contribution < -0.4 is 0 Å². The van der Waals surface area contributed by atoms with Crippen molar-refractivity contribution in [2.75, 3.05) is 23.8 Å². The molecule has 1 aliphatic rings. The molecule has 1 atom stereocenters. The molecule has 7 nitrogen and oxygen atoms in total. The van der Waals surface area contributed by atoms with Gasteiger partial charge in [0.15, 0.2) is 20.8 Å². The number of nitrogens with zero attached hydrogens (tertiary/aromatic N) is 4. The maximum Gasteiger partial charge on any atom is 0.233 e. The molecule has 1 saturated heterocycles. The number of hydrogen-bond acceptors (Lipinski definition) is 6. The highest BCUT2D eigenvalue weighted by molar-refractivity contribution is 7.99. The number of aryl methyl sites for hydroxylation is 1. The molecule has 0 N–H and O–H groups in total. The Bertz CT molecular complexity index is 1210. The van der Waals surface area contributed by atoms with Crippen molar-refractivity contribution >= 4 is 27.5 Å². The molecular weight excluding hydrogens is 456 g/mol. The third-order valence-electron chi connectivity index (χ3n) is 5.72. The Morgan fingerprint density at radius 2 is 1.85 bits per heavy atom. The summed E-state index contributed by atoms with van der Waals surface area (Å²) in [7, 11) is -3.06. The molecule has 1 aromatic heterocycles. The molecule has 1 amide bonds. The maximum atomic E-state index is 13.1. The van der Waals surface area contributed by atoms with Crippen LogP contribution in [0, 0.1) is 6.92 Å². The zero-order valence-corrected chi connectivity index (χ0v) is 20.5. The minimum Gasteiger partial charge on any atom is -0.338 e. The number of amides is 1. The van der Waals surface area contributed by atoms with Crippen LogP contribution in [0.25, 0.3) is 17.1 Å². The molecule has 33 heavy (non-hydrogen) atoms. The first kappa shape index (κ1) is 23.5. The van der Waals surface area contributed by atoms with E-state index in [1.165, 1.54) is 11.8 Å². The zero-order valence-electron chi connectivity index (χ0n) is 18.8. The van der Waals surface area contributed by atoms with E-state index in [0.717, 1.165) is 23.2 Å². The van der Waals surface area contributed by atoms with Gasteiger partial charge in [0.25, 0.3) is 0 Å². The number of carbonyl (C=O) groups is 1. The van der Waals surface area contributed by atoms with E-state index in [2.05, 4.69) is 10.2 Å². The number of hydrogen-bond donors (Lipinski definition) is 0. The summed E-state index contributed by atoms with van der Waals surface area (Å²) in [6.45, 7) is 4.59. The van der Waals surface area contributed by atoms with Crippen molar-refractivity contribution in [1.29, 1.82) is 0 Å². The van der Waals surface area contributed by atoms with Gasteiger partial charge in [0, 0.05) is 23.8 Å². The van der Waals surface area contributed by atoms with Crippen molar-refractivity contribution in [3.05, 3.63) is 60.2 Å². The van der Waals surface area contributed by atoms with Gasteiger partial charge in [-0.1, -0.05) is 66.7 Å². The third kappa shape index (κ3) is 5.47. The van der Waals surface area contributed by atoms with E-state index in [-0.39, 0.29) is 29.2 Å². The Morgan fingerprint density at radius 3 is 2.48 bits per heavy atom. The first-order valence-corrected chi connectivity index (χ1v) is 13.9. The summed E-state index contributed by atoms with van der Waals surface area (Å²) in [6.07, 6.45) is 1.29. The zero-order chi connectivity index (χ0) is 23.4. The summed E-state index contributed by atoms with van der Waals surface area (Å²) in [4.78, 5) is 14.9. The number of benzene rings is 2. The molecule has 3 aromatic rings. The first-order chi connectivity index (χ1) is 15.9. The Kier molecular flexibility index (Phi) is 7.19. The van der Waals surface area contributed by atoms with E-state index < -0.39 is 9.84 Å². The highest BCUT2D eigenvalue weighted by Gasteiger charge is 2.34. The van der Waals surface area contributed by atoms with Crippen LogP contribution in [0.4, 0.5) is 0 Å². The summed E-state index contributed by atoms with van der Waals surface area (Å²) >= 11 is 1.33. The minimum absolute atomic E-state index is 0.0567. The van der Waals surface area contributed by atoms with Crippen LogP contribution in [0.5, 0.6) is 0 Å². The maximum absolute atomic E-state index is 13.1. The lowest BCUT2D eigenvalue weighted by Gasteiger charge is -2.27. The summed E-state index contributed by atoms with van der Waals surface area (Å²) in [5.74, 6) is 1.03. The standard InChI is InChI=1S/C24H28N4O3S2/c1-3-14-27(21-13-15-33(30,31)17-21)22(29)16-32-24-26-25-23(19-7-5-4-6-8-19)28(24)20-11-9-18(2)10-12-20/h4-12,21H,3,13-17H2,1-2H3. The summed E-state index contributed by atoms with van der Waals surface area (Å²) in [5, 5.41) is 9.45. The highest BCUT2D eigenvalue weighted by atomic mass is 32.2. The first-order valence-electron chi connectivity index (χ1n) is 11.1. The van der Waals surface area contributed by atoms with Gasteiger partial charge in [0.1, 0.15) is 0 Å². The molecule has 2 heterocycles. The van der Waals surface area contributed by atoms with E-state index >= 15 is 0 Å². The summed E-state index contributed by atoms with van der Waals surface area (Å²) < 4.78 is 25.9. The van der Waals surface area contributed by atoms with Crippen molar-refractivity contribution in [3.8, 4) is 17.1 Å². The van der Waals surface area contributed by atoms with Gasteiger partial charge < -0.3 is 4.90 Å². The Labute approximate surface area is 199 Å². The average Bonchev–Trinajstić information content (AvgIpc) is 3.40. The van der Waals surface area contributed by atoms with Crippen LogP contribution in [0.1, 0.15) is 25.3 Å². The number of rotatable bonds is 8. The van der Waals surface area contributed by atoms with Gasteiger partial charge in [-0.25, -0.2) is 8.42 Å². The molecule has 1 unspecified atom stereocenters. The second-order valence-electron chi connectivity index (χ2n) is 8.28. The Balaban J connectivity index is 1.59. The van der Waals surface area contributed by atoms with Gasteiger partial charge in [0.05, 0.1) is 17.3 Å². The molecule has 1 fully saturated rings. The molecule has 2 aromatic carbocycles. The van der Waals surface area contributed by atoms with Gasteiger partial charge in [0.2, 0.25) is 5.91 Å². The van der Waals surface area contributed by atoms with Crippen LogP contribution >= 0.6 is 11.8 Å². The van der Waals surface area contributed by atoms with Gasteiger partial charge in [-0.2, -0.15) is 0 Å². The predicted octanol–water partition coefficient (Wildman–Crippen LogP) is 3.76. The van der Waals surface area contributed by atoms with E-state index in [4.69, 9.17) is 0 Å². The van der Waals surface area contributed by atoms with Crippen LogP contribution in [-0.2, 0) is 14.6 Å². The third-order valence-corrected chi connectivity index (χ3v) is 8.38. The second-order valence-corrected chi connectivity index (χ2v) is 11.4. The second kappa shape index (κ2) is 10.1.